The van der Waals surface area contributed by atoms with Crippen LogP contribution in [0.3, 0.4) is 0 Å². The number of carbonyl (C=O) groups is 1. The number of thioether (sulfide) groups is 1. The molecule has 1 saturated heterocycles. The maximum absolute atomic E-state index is 11.5. The first-order chi connectivity index (χ1) is 6.74. The van der Waals surface area contributed by atoms with Crippen LogP contribution in [0.15, 0.2) is 0 Å². The summed E-state index contributed by atoms with van der Waals surface area (Å²) in [6.45, 7) is 2.79. The molecule has 0 bridgehead atoms. The first-order valence-electron chi connectivity index (χ1n) is 5.23. The number of carbonyl (C=O) groups excluding carboxylic acids is 1. The van der Waals surface area contributed by atoms with E-state index in [0.717, 1.165) is 37.3 Å². The molecule has 1 heterocycles. The Balaban J connectivity index is 2.08. The number of hydrogen-bond acceptors (Lipinski definition) is 2. The van der Waals surface area contributed by atoms with Crippen molar-refractivity contribution in [2.75, 3.05) is 18.1 Å². The van der Waals surface area contributed by atoms with E-state index in [9.17, 15) is 4.79 Å². The van der Waals surface area contributed by atoms with Gasteiger partial charge in [-0.1, -0.05) is 6.92 Å². The van der Waals surface area contributed by atoms with Crippen LogP contribution in [0.25, 0.3) is 0 Å². The average molecular weight is 236 g/mol. The molecule has 1 rings (SSSR count). The molecule has 1 N–H and O–H groups in total. The van der Waals surface area contributed by atoms with Crippen LogP contribution in [0.2, 0.25) is 0 Å². The standard InChI is InChI=1S/C10H18ClNOS/c1-2-9(11)3-5-12-10(13)8-4-6-14-7-8/h8-9H,2-7H2,1H3,(H,12,13). The van der Waals surface area contributed by atoms with Crippen molar-refractivity contribution in [1.29, 1.82) is 0 Å². The Labute approximate surface area is 95.2 Å². The highest BCUT2D eigenvalue weighted by molar-refractivity contribution is 7.99. The van der Waals surface area contributed by atoms with Crippen molar-refractivity contribution in [2.24, 2.45) is 5.92 Å². The molecule has 4 heteroatoms. The largest absolute Gasteiger partial charge is 0.356 e. The predicted octanol–water partition coefficient (Wildman–Crippen LogP) is 2.26. The molecular formula is C10H18ClNOS. The zero-order valence-corrected chi connectivity index (χ0v) is 10.2. The number of hydrogen-bond donors (Lipinski definition) is 1. The van der Waals surface area contributed by atoms with Gasteiger partial charge in [-0.3, -0.25) is 4.79 Å². The minimum Gasteiger partial charge on any atom is -0.356 e. The molecule has 0 aromatic carbocycles. The van der Waals surface area contributed by atoms with E-state index in [1.54, 1.807) is 0 Å². The molecular weight excluding hydrogens is 218 g/mol. The quantitative estimate of drug-likeness (QED) is 0.741. The van der Waals surface area contributed by atoms with E-state index in [0.29, 0.717) is 0 Å². The van der Waals surface area contributed by atoms with Crippen molar-refractivity contribution in [1.82, 2.24) is 5.32 Å². The van der Waals surface area contributed by atoms with Gasteiger partial charge in [0.2, 0.25) is 5.91 Å². The Kier molecular flexibility index (Phi) is 5.71. The lowest BCUT2D eigenvalue weighted by Gasteiger charge is -2.11. The summed E-state index contributed by atoms with van der Waals surface area (Å²) in [5.74, 6) is 2.58. The van der Waals surface area contributed by atoms with Crippen LogP contribution in [-0.4, -0.2) is 29.3 Å². The molecule has 0 aromatic rings. The first kappa shape index (κ1) is 12.2. The van der Waals surface area contributed by atoms with Crippen molar-refractivity contribution in [3.8, 4) is 0 Å². The lowest BCUT2D eigenvalue weighted by Crippen LogP contribution is -2.32. The third kappa shape index (κ3) is 4.09. The second-order valence-corrected chi connectivity index (χ2v) is 5.41. The van der Waals surface area contributed by atoms with Gasteiger partial charge in [0, 0.05) is 23.6 Å². The van der Waals surface area contributed by atoms with Gasteiger partial charge in [0.25, 0.3) is 0 Å². The van der Waals surface area contributed by atoms with Crippen LogP contribution in [0, 0.1) is 5.92 Å². The fourth-order valence-corrected chi connectivity index (χ4v) is 2.77. The van der Waals surface area contributed by atoms with Crippen molar-refractivity contribution in [2.45, 2.75) is 31.6 Å². The highest BCUT2D eigenvalue weighted by atomic mass is 35.5. The van der Waals surface area contributed by atoms with Crippen LogP contribution in [0.4, 0.5) is 0 Å². The lowest BCUT2D eigenvalue weighted by molar-refractivity contribution is -0.124. The minimum atomic E-state index is 0.202. The van der Waals surface area contributed by atoms with Crippen molar-refractivity contribution >= 4 is 29.3 Å². The average Bonchev–Trinajstić information content (AvgIpc) is 2.70. The van der Waals surface area contributed by atoms with Crippen LogP contribution < -0.4 is 5.32 Å². The molecule has 1 aliphatic rings. The van der Waals surface area contributed by atoms with E-state index >= 15 is 0 Å². The van der Waals surface area contributed by atoms with Crippen LogP contribution >= 0.6 is 23.4 Å². The van der Waals surface area contributed by atoms with Gasteiger partial charge in [-0.2, -0.15) is 11.8 Å². The number of alkyl halides is 1. The Morgan fingerprint density at radius 1 is 1.71 bits per heavy atom. The normalized spacial score (nSPS) is 23.4. The van der Waals surface area contributed by atoms with Crippen LogP contribution in [0.5, 0.6) is 0 Å². The van der Waals surface area contributed by atoms with Crippen molar-refractivity contribution in [3.05, 3.63) is 0 Å². The molecule has 0 saturated carbocycles. The molecule has 82 valence electrons. The van der Waals surface area contributed by atoms with Gasteiger partial charge in [0.15, 0.2) is 0 Å². The van der Waals surface area contributed by atoms with E-state index in [2.05, 4.69) is 12.2 Å². The second kappa shape index (κ2) is 6.57. The van der Waals surface area contributed by atoms with Gasteiger partial charge in [-0.05, 0) is 25.0 Å². The van der Waals surface area contributed by atoms with Gasteiger partial charge in [0.05, 0.1) is 0 Å². The molecule has 1 fully saturated rings. The van der Waals surface area contributed by atoms with Crippen molar-refractivity contribution < 1.29 is 4.79 Å². The maximum Gasteiger partial charge on any atom is 0.223 e. The van der Waals surface area contributed by atoms with Gasteiger partial charge < -0.3 is 5.32 Å². The molecule has 1 amide bonds. The number of halogens is 1. The van der Waals surface area contributed by atoms with E-state index in [4.69, 9.17) is 11.6 Å². The van der Waals surface area contributed by atoms with Crippen molar-refractivity contribution in [3.63, 3.8) is 0 Å². The fraction of sp³-hybridized carbons (Fsp3) is 0.900. The Morgan fingerprint density at radius 3 is 3.07 bits per heavy atom. The van der Waals surface area contributed by atoms with E-state index in [-0.39, 0.29) is 17.2 Å². The maximum atomic E-state index is 11.5. The summed E-state index contributed by atoms with van der Waals surface area (Å²) in [5.41, 5.74) is 0. The molecule has 0 spiro atoms. The highest BCUT2D eigenvalue weighted by Crippen LogP contribution is 2.23. The summed E-state index contributed by atoms with van der Waals surface area (Å²) in [7, 11) is 0. The predicted molar refractivity (Wildman–Crippen MR) is 63.0 cm³/mol. The summed E-state index contributed by atoms with van der Waals surface area (Å²) in [5, 5.41) is 3.16. The summed E-state index contributed by atoms with van der Waals surface area (Å²) in [6.07, 6.45) is 2.88. The second-order valence-electron chi connectivity index (χ2n) is 3.65. The molecule has 0 aromatic heterocycles. The Hall–Kier alpha value is 0.110. The summed E-state index contributed by atoms with van der Waals surface area (Å²) in [4.78, 5) is 11.5. The van der Waals surface area contributed by atoms with E-state index in [1.165, 1.54) is 0 Å². The molecule has 1 aliphatic heterocycles. The van der Waals surface area contributed by atoms with Gasteiger partial charge in [0.1, 0.15) is 0 Å². The number of nitrogens with one attached hydrogen (secondary N) is 1. The lowest BCUT2D eigenvalue weighted by atomic mass is 10.1. The van der Waals surface area contributed by atoms with E-state index < -0.39 is 0 Å². The molecule has 2 nitrogen and oxygen atoms in total. The molecule has 0 radical (unpaired) electrons. The Morgan fingerprint density at radius 2 is 2.50 bits per heavy atom. The fourth-order valence-electron chi connectivity index (χ4n) is 1.44. The minimum absolute atomic E-state index is 0.202. The van der Waals surface area contributed by atoms with Gasteiger partial charge >= 0.3 is 0 Å². The molecule has 2 unspecified atom stereocenters. The van der Waals surface area contributed by atoms with Gasteiger partial charge in [-0.15, -0.1) is 11.6 Å². The smallest absolute Gasteiger partial charge is 0.223 e. The Bertz CT molecular complexity index is 183. The van der Waals surface area contributed by atoms with Crippen LogP contribution in [0.1, 0.15) is 26.2 Å². The zero-order chi connectivity index (χ0) is 10.4. The number of amides is 1. The highest BCUT2D eigenvalue weighted by Gasteiger charge is 2.22. The monoisotopic (exact) mass is 235 g/mol. The van der Waals surface area contributed by atoms with Crippen LogP contribution in [-0.2, 0) is 4.79 Å². The molecule has 14 heavy (non-hydrogen) atoms. The first-order valence-corrected chi connectivity index (χ1v) is 6.82. The summed E-state index contributed by atoms with van der Waals surface area (Å²) in [6, 6.07) is 0. The molecule has 2 atom stereocenters. The zero-order valence-electron chi connectivity index (χ0n) is 8.59. The van der Waals surface area contributed by atoms with E-state index in [1.807, 2.05) is 11.8 Å². The number of rotatable bonds is 5. The summed E-state index contributed by atoms with van der Waals surface area (Å²) >= 11 is 7.82. The molecule has 0 aliphatic carbocycles. The SMILES string of the molecule is CCC(Cl)CCNC(=O)C1CCSC1. The third-order valence-electron chi connectivity index (χ3n) is 2.50. The summed E-state index contributed by atoms with van der Waals surface area (Å²) < 4.78 is 0. The van der Waals surface area contributed by atoms with Gasteiger partial charge in [-0.25, -0.2) is 0 Å². The third-order valence-corrected chi connectivity index (χ3v) is 4.19. The topological polar surface area (TPSA) is 29.1 Å².